The van der Waals surface area contributed by atoms with Gasteiger partial charge in [0.1, 0.15) is 5.60 Å². The standard InChI is InChI=1S/C16H25N3O4/c1-7-22-13(20)18-9-11(17)10-8-19(16(5,6)12(10)18)14(21)23-15(2,3)4/h9H,7-8,17H2,1-6H3. The molecule has 0 fully saturated rings. The van der Waals surface area contributed by atoms with Crippen LogP contribution in [-0.2, 0) is 21.6 Å². The number of nitrogen functional groups attached to an aromatic ring is 1. The zero-order valence-corrected chi connectivity index (χ0v) is 14.6. The van der Waals surface area contributed by atoms with E-state index < -0.39 is 23.3 Å². The maximum absolute atomic E-state index is 12.5. The van der Waals surface area contributed by atoms with Gasteiger partial charge in [-0.1, -0.05) is 0 Å². The van der Waals surface area contributed by atoms with Crippen molar-refractivity contribution in [3.05, 3.63) is 17.5 Å². The second-order valence-corrected chi connectivity index (χ2v) is 7.11. The second-order valence-electron chi connectivity index (χ2n) is 7.11. The molecule has 0 saturated carbocycles. The molecule has 0 aliphatic carbocycles. The summed E-state index contributed by atoms with van der Waals surface area (Å²) in [5.74, 6) is 0. The van der Waals surface area contributed by atoms with Gasteiger partial charge in [0, 0.05) is 11.8 Å². The molecule has 0 atom stereocenters. The number of carbonyl (C=O) groups excluding carboxylic acids is 2. The Hall–Kier alpha value is -2.18. The summed E-state index contributed by atoms with van der Waals surface area (Å²) in [6.45, 7) is 11.5. The molecule has 0 aromatic carbocycles. The number of hydrogen-bond acceptors (Lipinski definition) is 5. The third-order valence-corrected chi connectivity index (χ3v) is 3.79. The lowest BCUT2D eigenvalue weighted by molar-refractivity contribution is 0.00412. The van der Waals surface area contributed by atoms with Crippen molar-refractivity contribution in [3.63, 3.8) is 0 Å². The average Bonchev–Trinajstić information content (AvgIpc) is 2.84. The van der Waals surface area contributed by atoms with Crippen LogP contribution in [0, 0.1) is 0 Å². The van der Waals surface area contributed by atoms with Crippen molar-refractivity contribution in [2.24, 2.45) is 0 Å². The molecule has 2 N–H and O–H groups in total. The van der Waals surface area contributed by atoms with E-state index >= 15 is 0 Å². The first-order valence-corrected chi connectivity index (χ1v) is 7.67. The molecule has 1 amide bonds. The zero-order valence-electron chi connectivity index (χ0n) is 14.6. The molecular formula is C16H25N3O4. The van der Waals surface area contributed by atoms with Crippen LogP contribution in [0.3, 0.4) is 0 Å². The Balaban J connectivity index is 2.40. The number of carbonyl (C=O) groups is 2. The van der Waals surface area contributed by atoms with Gasteiger partial charge in [0.15, 0.2) is 0 Å². The van der Waals surface area contributed by atoms with E-state index in [9.17, 15) is 9.59 Å². The molecule has 0 bridgehead atoms. The van der Waals surface area contributed by atoms with Crippen molar-refractivity contribution in [2.45, 2.75) is 59.2 Å². The van der Waals surface area contributed by atoms with E-state index in [1.807, 2.05) is 34.6 Å². The van der Waals surface area contributed by atoms with Crippen LogP contribution < -0.4 is 5.73 Å². The fourth-order valence-corrected chi connectivity index (χ4v) is 2.82. The van der Waals surface area contributed by atoms with Gasteiger partial charge in [-0.2, -0.15) is 0 Å². The molecule has 7 heteroatoms. The van der Waals surface area contributed by atoms with E-state index in [-0.39, 0.29) is 6.61 Å². The van der Waals surface area contributed by atoms with Crippen molar-refractivity contribution in [1.82, 2.24) is 9.47 Å². The van der Waals surface area contributed by atoms with Crippen molar-refractivity contribution < 1.29 is 19.1 Å². The molecule has 1 aromatic rings. The van der Waals surface area contributed by atoms with Crippen LogP contribution in [0.4, 0.5) is 15.3 Å². The van der Waals surface area contributed by atoms with Gasteiger partial charge in [-0.15, -0.1) is 0 Å². The largest absolute Gasteiger partial charge is 0.449 e. The van der Waals surface area contributed by atoms with E-state index in [4.69, 9.17) is 15.2 Å². The van der Waals surface area contributed by atoms with Crippen LogP contribution in [-0.4, -0.2) is 33.9 Å². The predicted octanol–water partition coefficient (Wildman–Crippen LogP) is 3.06. The molecule has 0 unspecified atom stereocenters. The second kappa shape index (κ2) is 5.47. The van der Waals surface area contributed by atoms with Crippen molar-refractivity contribution in [2.75, 3.05) is 12.3 Å². The maximum Gasteiger partial charge on any atom is 0.418 e. The van der Waals surface area contributed by atoms with Gasteiger partial charge in [-0.25, -0.2) is 9.59 Å². The molecule has 1 aliphatic rings. The van der Waals surface area contributed by atoms with Gasteiger partial charge in [-0.3, -0.25) is 9.47 Å². The van der Waals surface area contributed by atoms with Crippen LogP contribution in [0.1, 0.15) is 52.8 Å². The number of nitrogens with two attached hydrogens (primary N) is 1. The molecule has 0 radical (unpaired) electrons. The summed E-state index contributed by atoms with van der Waals surface area (Å²) in [6, 6.07) is 0. The summed E-state index contributed by atoms with van der Waals surface area (Å²) < 4.78 is 11.9. The average molecular weight is 323 g/mol. The lowest BCUT2D eigenvalue weighted by Gasteiger charge is -2.34. The summed E-state index contributed by atoms with van der Waals surface area (Å²) in [5, 5.41) is 0. The number of rotatable bonds is 1. The van der Waals surface area contributed by atoms with Gasteiger partial charge in [-0.05, 0) is 41.5 Å². The topological polar surface area (TPSA) is 86.8 Å². The Kier molecular flexibility index (Phi) is 4.09. The smallest absolute Gasteiger partial charge is 0.418 e. The molecule has 0 saturated heterocycles. The Morgan fingerprint density at radius 2 is 1.91 bits per heavy atom. The number of amides is 1. The Morgan fingerprint density at radius 1 is 1.30 bits per heavy atom. The SMILES string of the molecule is CCOC(=O)n1cc(N)c2c1C(C)(C)N(C(=O)OC(C)(C)C)C2. The lowest BCUT2D eigenvalue weighted by atomic mass is 10.0. The van der Waals surface area contributed by atoms with Gasteiger partial charge in [0.05, 0.1) is 30.1 Å². The molecule has 2 rings (SSSR count). The minimum absolute atomic E-state index is 0.266. The summed E-state index contributed by atoms with van der Waals surface area (Å²) in [4.78, 5) is 26.2. The van der Waals surface area contributed by atoms with Gasteiger partial charge in [0.25, 0.3) is 0 Å². The first-order chi connectivity index (χ1) is 10.5. The molecule has 23 heavy (non-hydrogen) atoms. The highest BCUT2D eigenvalue weighted by molar-refractivity contribution is 5.78. The highest BCUT2D eigenvalue weighted by Gasteiger charge is 2.46. The Bertz CT molecular complexity index is 640. The molecule has 2 heterocycles. The third kappa shape index (κ3) is 3.00. The summed E-state index contributed by atoms with van der Waals surface area (Å²) in [5.41, 5.74) is 6.59. The van der Waals surface area contributed by atoms with Crippen LogP contribution in [0.5, 0.6) is 0 Å². The molecule has 128 valence electrons. The van der Waals surface area contributed by atoms with E-state index in [0.29, 0.717) is 17.9 Å². The first kappa shape index (κ1) is 17.2. The minimum atomic E-state index is -0.734. The van der Waals surface area contributed by atoms with Crippen molar-refractivity contribution >= 4 is 17.9 Å². The monoisotopic (exact) mass is 323 g/mol. The highest BCUT2D eigenvalue weighted by Crippen LogP contribution is 2.43. The van der Waals surface area contributed by atoms with E-state index in [1.165, 1.54) is 4.57 Å². The number of aromatic nitrogens is 1. The number of nitrogens with zero attached hydrogens (tertiary/aromatic N) is 2. The highest BCUT2D eigenvalue weighted by atomic mass is 16.6. The number of fused-ring (bicyclic) bond motifs is 1. The Labute approximate surface area is 136 Å². The predicted molar refractivity (Wildman–Crippen MR) is 86.1 cm³/mol. The van der Waals surface area contributed by atoms with Gasteiger partial charge in [0.2, 0.25) is 0 Å². The van der Waals surface area contributed by atoms with E-state index in [1.54, 1.807) is 18.0 Å². The third-order valence-electron chi connectivity index (χ3n) is 3.79. The fraction of sp³-hybridized carbons (Fsp3) is 0.625. The van der Waals surface area contributed by atoms with Crippen LogP contribution in [0.15, 0.2) is 6.20 Å². The Morgan fingerprint density at radius 3 is 2.43 bits per heavy atom. The zero-order chi connectivity index (χ0) is 17.6. The quantitative estimate of drug-likeness (QED) is 0.858. The number of ether oxygens (including phenoxy) is 2. The lowest BCUT2D eigenvalue weighted by Crippen LogP contribution is -2.44. The molecule has 7 nitrogen and oxygen atoms in total. The first-order valence-electron chi connectivity index (χ1n) is 7.67. The van der Waals surface area contributed by atoms with Gasteiger partial charge < -0.3 is 15.2 Å². The van der Waals surface area contributed by atoms with Crippen molar-refractivity contribution in [1.29, 1.82) is 0 Å². The molecule has 1 aliphatic heterocycles. The van der Waals surface area contributed by atoms with Crippen LogP contribution in [0.25, 0.3) is 0 Å². The van der Waals surface area contributed by atoms with E-state index in [2.05, 4.69) is 0 Å². The number of hydrogen-bond donors (Lipinski definition) is 1. The summed E-state index contributed by atoms with van der Waals surface area (Å²) in [7, 11) is 0. The molecule has 1 aromatic heterocycles. The normalized spacial score (nSPS) is 16.2. The van der Waals surface area contributed by atoms with Gasteiger partial charge >= 0.3 is 12.2 Å². The number of anilines is 1. The molecule has 0 spiro atoms. The maximum atomic E-state index is 12.5. The fourth-order valence-electron chi connectivity index (χ4n) is 2.82. The summed E-state index contributed by atoms with van der Waals surface area (Å²) in [6.07, 6.45) is 0.615. The molecular weight excluding hydrogens is 298 g/mol. The summed E-state index contributed by atoms with van der Waals surface area (Å²) >= 11 is 0. The van der Waals surface area contributed by atoms with Crippen LogP contribution in [0.2, 0.25) is 0 Å². The minimum Gasteiger partial charge on any atom is -0.449 e. The van der Waals surface area contributed by atoms with Crippen molar-refractivity contribution in [3.8, 4) is 0 Å². The van der Waals surface area contributed by atoms with E-state index in [0.717, 1.165) is 5.56 Å². The van der Waals surface area contributed by atoms with Crippen LogP contribution >= 0.6 is 0 Å².